The number of carbonyl (C=O) groups excluding carboxylic acids is 1. The second kappa shape index (κ2) is 8.15. The molecule has 2 aliphatic rings. The number of amides is 1. The van der Waals surface area contributed by atoms with Gasteiger partial charge in [0, 0.05) is 44.7 Å². The molecule has 1 saturated heterocycles. The van der Waals surface area contributed by atoms with Crippen molar-refractivity contribution in [1.82, 2.24) is 15.0 Å². The third-order valence-electron chi connectivity index (χ3n) is 5.78. The van der Waals surface area contributed by atoms with Gasteiger partial charge in [-0.1, -0.05) is 37.3 Å². The number of hydrogen-bond acceptors (Lipinski definition) is 4. The molecule has 2 fully saturated rings. The minimum atomic E-state index is 0.359. The normalized spacial score (nSPS) is 20.5. The Morgan fingerprint density at radius 2 is 1.83 bits per heavy atom. The SMILES string of the molecule is Cc1noc(C)c1CN1CCN(C(=O)CCC2CCCCC2)CC1. The van der Waals surface area contributed by atoms with E-state index in [9.17, 15) is 4.79 Å². The topological polar surface area (TPSA) is 49.6 Å². The van der Waals surface area contributed by atoms with Crippen LogP contribution in [0.5, 0.6) is 0 Å². The molecular weight excluding hydrogens is 302 g/mol. The fourth-order valence-electron chi connectivity index (χ4n) is 4.07. The summed E-state index contributed by atoms with van der Waals surface area (Å²) in [6, 6.07) is 0. The van der Waals surface area contributed by atoms with E-state index in [0.717, 1.165) is 62.9 Å². The fourth-order valence-corrected chi connectivity index (χ4v) is 4.07. The van der Waals surface area contributed by atoms with Crippen LogP contribution in [0.2, 0.25) is 0 Å². The minimum absolute atomic E-state index is 0.359. The Kier molecular flexibility index (Phi) is 5.93. The Morgan fingerprint density at radius 1 is 1.12 bits per heavy atom. The molecule has 134 valence electrons. The van der Waals surface area contributed by atoms with E-state index in [1.165, 1.54) is 37.7 Å². The van der Waals surface area contributed by atoms with Gasteiger partial charge in [0.1, 0.15) is 5.76 Å². The second-order valence-electron chi connectivity index (χ2n) is 7.50. The Hall–Kier alpha value is -1.36. The van der Waals surface area contributed by atoms with Crippen LogP contribution in [0.15, 0.2) is 4.52 Å². The van der Waals surface area contributed by atoms with E-state index < -0.39 is 0 Å². The molecule has 0 aromatic carbocycles. The van der Waals surface area contributed by atoms with Gasteiger partial charge in [-0.15, -0.1) is 0 Å². The predicted octanol–water partition coefficient (Wildman–Crippen LogP) is 3.30. The maximum atomic E-state index is 12.5. The first-order valence-corrected chi connectivity index (χ1v) is 9.55. The van der Waals surface area contributed by atoms with Crippen LogP contribution in [-0.2, 0) is 11.3 Å². The highest BCUT2D eigenvalue weighted by molar-refractivity contribution is 5.76. The summed E-state index contributed by atoms with van der Waals surface area (Å²) in [6.45, 7) is 8.45. The van der Waals surface area contributed by atoms with E-state index in [0.29, 0.717) is 5.91 Å². The van der Waals surface area contributed by atoms with Crippen LogP contribution >= 0.6 is 0 Å². The quantitative estimate of drug-likeness (QED) is 0.829. The van der Waals surface area contributed by atoms with Crippen LogP contribution in [0.4, 0.5) is 0 Å². The molecule has 0 unspecified atom stereocenters. The third kappa shape index (κ3) is 4.38. The average molecular weight is 333 g/mol. The predicted molar refractivity (Wildman–Crippen MR) is 93.6 cm³/mol. The molecule has 0 spiro atoms. The average Bonchev–Trinajstić information content (AvgIpc) is 2.93. The Bertz CT molecular complexity index is 521. The first-order valence-electron chi connectivity index (χ1n) is 9.55. The van der Waals surface area contributed by atoms with Gasteiger partial charge in [0.2, 0.25) is 5.91 Å². The largest absolute Gasteiger partial charge is 0.361 e. The van der Waals surface area contributed by atoms with Gasteiger partial charge >= 0.3 is 0 Å². The van der Waals surface area contributed by atoms with E-state index in [2.05, 4.69) is 15.0 Å². The monoisotopic (exact) mass is 333 g/mol. The summed E-state index contributed by atoms with van der Waals surface area (Å²) < 4.78 is 5.24. The number of aromatic nitrogens is 1. The molecule has 3 rings (SSSR count). The van der Waals surface area contributed by atoms with Crippen molar-refractivity contribution in [2.75, 3.05) is 26.2 Å². The number of carbonyl (C=O) groups is 1. The van der Waals surface area contributed by atoms with Crippen molar-refractivity contribution in [2.45, 2.75) is 65.3 Å². The zero-order valence-corrected chi connectivity index (χ0v) is 15.2. The summed E-state index contributed by atoms with van der Waals surface area (Å²) >= 11 is 0. The Labute approximate surface area is 145 Å². The summed E-state index contributed by atoms with van der Waals surface area (Å²) in [4.78, 5) is 16.9. The van der Waals surface area contributed by atoms with Crippen molar-refractivity contribution in [2.24, 2.45) is 5.92 Å². The second-order valence-corrected chi connectivity index (χ2v) is 7.50. The van der Waals surface area contributed by atoms with Crippen LogP contribution in [0.1, 0.15) is 62.0 Å². The van der Waals surface area contributed by atoms with Gasteiger partial charge in [-0.05, 0) is 26.2 Å². The smallest absolute Gasteiger partial charge is 0.222 e. The van der Waals surface area contributed by atoms with E-state index in [1.54, 1.807) is 0 Å². The van der Waals surface area contributed by atoms with Crippen LogP contribution in [-0.4, -0.2) is 47.0 Å². The fraction of sp³-hybridized carbons (Fsp3) is 0.789. The summed E-state index contributed by atoms with van der Waals surface area (Å²) in [6.07, 6.45) is 8.61. The highest BCUT2D eigenvalue weighted by Gasteiger charge is 2.23. The summed E-state index contributed by atoms with van der Waals surface area (Å²) in [5.74, 6) is 2.07. The van der Waals surface area contributed by atoms with Gasteiger partial charge in [-0.25, -0.2) is 0 Å². The minimum Gasteiger partial charge on any atom is -0.361 e. The van der Waals surface area contributed by atoms with Crippen molar-refractivity contribution in [3.05, 3.63) is 17.0 Å². The number of nitrogens with zero attached hydrogens (tertiary/aromatic N) is 3. The Morgan fingerprint density at radius 3 is 2.46 bits per heavy atom. The summed E-state index contributed by atoms with van der Waals surface area (Å²) in [5, 5.41) is 4.03. The standard InChI is InChI=1S/C19H31N3O2/c1-15-18(16(2)24-20-15)14-21-10-12-22(13-11-21)19(23)9-8-17-6-4-3-5-7-17/h17H,3-14H2,1-2H3. The van der Waals surface area contributed by atoms with Gasteiger partial charge in [0.15, 0.2) is 0 Å². The molecule has 1 aliphatic heterocycles. The molecule has 5 nitrogen and oxygen atoms in total. The molecule has 1 aromatic rings. The Balaban J connectivity index is 1.40. The molecule has 1 aliphatic carbocycles. The van der Waals surface area contributed by atoms with Crippen molar-refractivity contribution in [1.29, 1.82) is 0 Å². The first kappa shape index (κ1) is 17.5. The third-order valence-corrected chi connectivity index (χ3v) is 5.78. The number of rotatable bonds is 5. The molecule has 1 aromatic heterocycles. The van der Waals surface area contributed by atoms with Gasteiger partial charge in [-0.3, -0.25) is 9.69 Å². The number of hydrogen-bond donors (Lipinski definition) is 0. The van der Waals surface area contributed by atoms with Crippen LogP contribution in [0.3, 0.4) is 0 Å². The maximum Gasteiger partial charge on any atom is 0.222 e. The molecule has 5 heteroatoms. The molecular formula is C19H31N3O2. The van der Waals surface area contributed by atoms with E-state index >= 15 is 0 Å². The highest BCUT2D eigenvalue weighted by Crippen LogP contribution is 2.27. The molecule has 1 saturated carbocycles. The van der Waals surface area contributed by atoms with Gasteiger partial charge < -0.3 is 9.42 Å². The van der Waals surface area contributed by atoms with E-state index in [-0.39, 0.29) is 0 Å². The molecule has 0 bridgehead atoms. The summed E-state index contributed by atoms with van der Waals surface area (Å²) in [5.41, 5.74) is 2.19. The number of aryl methyl sites for hydroxylation is 2. The molecule has 0 radical (unpaired) electrons. The number of piperazine rings is 1. The molecule has 0 N–H and O–H groups in total. The molecule has 2 heterocycles. The zero-order valence-electron chi connectivity index (χ0n) is 15.2. The molecule has 0 atom stereocenters. The van der Waals surface area contributed by atoms with Gasteiger partial charge in [-0.2, -0.15) is 0 Å². The van der Waals surface area contributed by atoms with Crippen molar-refractivity contribution in [3.8, 4) is 0 Å². The summed E-state index contributed by atoms with van der Waals surface area (Å²) in [7, 11) is 0. The lowest BCUT2D eigenvalue weighted by atomic mass is 9.86. The van der Waals surface area contributed by atoms with Gasteiger partial charge in [0.05, 0.1) is 5.69 Å². The van der Waals surface area contributed by atoms with Crippen molar-refractivity contribution < 1.29 is 9.32 Å². The lowest BCUT2D eigenvalue weighted by Crippen LogP contribution is -2.48. The molecule has 24 heavy (non-hydrogen) atoms. The van der Waals surface area contributed by atoms with Crippen LogP contribution in [0.25, 0.3) is 0 Å². The highest BCUT2D eigenvalue weighted by atomic mass is 16.5. The van der Waals surface area contributed by atoms with Crippen LogP contribution in [0, 0.1) is 19.8 Å². The zero-order chi connectivity index (χ0) is 16.9. The van der Waals surface area contributed by atoms with Crippen molar-refractivity contribution in [3.63, 3.8) is 0 Å². The lowest BCUT2D eigenvalue weighted by Gasteiger charge is -2.35. The van der Waals surface area contributed by atoms with Gasteiger partial charge in [0.25, 0.3) is 0 Å². The molecule has 1 amide bonds. The first-order chi connectivity index (χ1) is 11.6. The van der Waals surface area contributed by atoms with Crippen LogP contribution < -0.4 is 0 Å². The van der Waals surface area contributed by atoms with E-state index in [1.807, 2.05) is 13.8 Å². The van der Waals surface area contributed by atoms with E-state index in [4.69, 9.17) is 4.52 Å². The lowest BCUT2D eigenvalue weighted by molar-refractivity contribution is -0.133. The van der Waals surface area contributed by atoms with Crippen molar-refractivity contribution >= 4 is 5.91 Å². The maximum absolute atomic E-state index is 12.5.